The fraction of sp³-hybridized carbons (Fsp3) is 0.238. The molecular formula is C21H20. The fourth-order valence-corrected chi connectivity index (χ4v) is 4.08. The van der Waals surface area contributed by atoms with Crippen molar-refractivity contribution in [1.82, 2.24) is 0 Å². The summed E-state index contributed by atoms with van der Waals surface area (Å²) in [6, 6.07) is 17.8. The summed E-state index contributed by atoms with van der Waals surface area (Å²) >= 11 is 0. The number of benzene rings is 2. The van der Waals surface area contributed by atoms with Crippen molar-refractivity contribution in [3.63, 3.8) is 0 Å². The average Bonchev–Trinajstić information content (AvgIpc) is 3.03. The first-order chi connectivity index (χ1) is 10.3. The van der Waals surface area contributed by atoms with Crippen molar-refractivity contribution in [1.29, 1.82) is 0 Å². The highest BCUT2D eigenvalue weighted by molar-refractivity contribution is 5.73. The van der Waals surface area contributed by atoms with Gasteiger partial charge in [0.1, 0.15) is 0 Å². The lowest BCUT2D eigenvalue weighted by atomic mass is 9.77. The first kappa shape index (κ1) is 12.6. The smallest absolute Gasteiger partial charge is 0.0164 e. The summed E-state index contributed by atoms with van der Waals surface area (Å²) in [5, 5.41) is 0. The quantitative estimate of drug-likeness (QED) is 0.650. The van der Waals surface area contributed by atoms with E-state index < -0.39 is 0 Å². The molecule has 0 fully saturated rings. The maximum absolute atomic E-state index is 2.41. The zero-order chi connectivity index (χ0) is 14.4. The van der Waals surface area contributed by atoms with Gasteiger partial charge in [-0.25, -0.2) is 0 Å². The molecule has 2 unspecified atom stereocenters. The van der Waals surface area contributed by atoms with Crippen molar-refractivity contribution in [2.24, 2.45) is 0 Å². The van der Waals surface area contributed by atoms with Crippen LogP contribution in [0, 0.1) is 0 Å². The van der Waals surface area contributed by atoms with Crippen LogP contribution < -0.4 is 0 Å². The van der Waals surface area contributed by atoms with E-state index in [4.69, 9.17) is 0 Å². The van der Waals surface area contributed by atoms with Crippen LogP contribution in [-0.4, -0.2) is 0 Å². The zero-order valence-electron chi connectivity index (χ0n) is 12.6. The predicted octanol–water partition coefficient (Wildman–Crippen LogP) is 5.78. The molecule has 104 valence electrons. The van der Waals surface area contributed by atoms with Crippen LogP contribution in [0.5, 0.6) is 0 Å². The molecular weight excluding hydrogens is 252 g/mol. The van der Waals surface area contributed by atoms with Gasteiger partial charge in [-0.05, 0) is 35.6 Å². The van der Waals surface area contributed by atoms with Gasteiger partial charge in [0.2, 0.25) is 0 Å². The molecule has 0 nitrogen and oxygen atoms in total. The molecule has 0 radical (unpaired) electrons. The fourth-order valence-electron chi connectivity index (χ4n) is 4.08. The van der Waals surface area contributed by atoms with E-state index in [-0.39, 0.29) is 0 Å². The molecule has 0 saturated heterocycles. The SMILES string of the molecule is CCC1=Cc2ccccc2C1C1C(C)=Cc2ccccc21. The zero-order valence-corrected chi connectivity index (χ0v) is 12.6. The molecule has 0 aliphatic heterocycles. The lowest BCUT2D eigenvalue weighted by Gasteiger charge is -2.26. The maximum Gasteiger partial charge on any atom is 0.0164 e. The lowest BCUT2D eigenvalue weighted by Crippen LogP contribution is -2.11. The Morgan fingerprint density at radius 2 is 1.33 bits per heavy atom. The summed E-state index contributed by atoms with van der Waals surface area (Å²) in [5.41, 5.74) is 8.89. The van der Waals surface area contributed by atoms with Crippen LogP contribution >= 0.6 is 0 Å². The first-order valence-corrected chi connectivity index (χ1v) is 7.86. The highest BCUT2D eigenvalue weighted by Crippen LogP contribution is 2.52. The minimum Gasteiger partial charge on any atom is -0.0643 e. The highest BCUT2D eigenvalue weighted by atomic mass is 14.4. The van der Waals surface area contributed by atoms with Crippen molar-refractivity contribution in [3.05, 3.63) is 81.9 Å². The van der Waals surface area contributed by atoms with Gasteiger partial charge < -0.3 is 0 Å². The molecule has 2 aromatic carbocycles. The molecule has 2 atom stereocenters. The maximum atomic E-state index is 2.41. The van der Waals surface area contributed by atoms with Gasteiger partial charge in [-0.2, -0.15) is 0 Å². The average molecular weight is 272 g/mol. The van der Waals surface area contributed by atoms with Crippen molar-refractivity contribution in [3.8, 4) is 0 Å². The largest absolute Gasteiger partial charge is 0.0643 e. The van der Waals surface area contributed by atoms with Gasteiger partial charge in [-0.15, -0.1) is 0 Å². The molecule has 4 rings (SSSR count). The third-order valence-electron chi connectivity index (χ3n) is 5.02. The monoisotopic (exact) mass is 272 g/mol. The molecule has 2 aromatic rings. The number of fused-ring (bicyclic) bond motifs is 2. The van der Waals surface area contributed by atoms with Gasteiger partial charge in [-0.3, -0.25) is 0 Å². The second-order valence-electron chi connectivity index (χ2n) is 6.17. The van der Waals surface area contributed by atoms with Crippen LogP contribution in [0.15, 0.2) is 59.7 Å². The molecule has 0 heteroatoms. The van der Waals surface area contributed by atoms with Gasteiger partial charge in [0, 0.05) is 11.8 Å². The van der Waals surface area contributed by atoms with Gasteiger partial charge in [0.25, 0.3) is 0 Å². The standard InChI is InChI=1S/C21H20/c1-3-15-13-17-9-5-7-11-19(17)21(15)20-14(2)12-16-8-4-6-10-18(16)20/h4-13,20-21H,3H2,1-2H3. The summed E-state index contributed by atoms with van der Waals surface area (Å²) in [6.07, 6.45) is 5.91. The number of allylic oxidation sites excluding steroid dienone is 2. The molecule has 21 heavy (non-hydrogen) atoms. The Labute approximate surface area is 126 Å². The van der Waals surface area contributed by atoms with Crippen LogP contribution in [-0.2, 0) is 0 Å². The van der Waals surface area contributed by atoms with Crippen molar-refractivity contribution in [2.45, 2.75) is 32.1 Å². The summed E-state index contributed by atoms with van der Waals surface area (Å²) in [7, 11) is 0. The Kier molecular flexibility index (Phi) is 2.85. The van der Waals surface area contributed by atoms with Crippen molar-refractivity contribution < 1.29 is 0 Å². The molecule has 0 heterocycles. The van der Waals surface area contributed by atoms with Crippen LogP contribution in [0.4, 0.5) is 0 Å². The normalized spacial score (nSPS) is 22.6. The summed E-state index contributed by atoms with van der Waals surface area (Å²) in [5.74, 6) is 1.03. The van der Waals surface area contributed by atoms with E-state index in [1.807, 2.05) is 0 Å². The van der Waals surface area contributed by atoms with Crippen molar-refractivity contribution in [2.75, 3.05) is 0 Å². The summed E-state index contributed by atoms with van der Waals surface area (Å²) < 4.78 is 0. The Bertz CT molecular complexity index is 761. The summed E-state index contributed by atoms with van der Waals surface area (Å²) in [4.78, 5) is 0. The Morgan fingerprint density at radius 1 is 0.762 bits per heavy atom. The minimum atomic E-state index is 0.510. The first-order valence-electron chi connectivity index (χ1n) is 7.86. The van der Waals surface area contributed by atoms with Crippen LogP contribution in [0.25, 0.3) is 12.2 Å². The van der Waals surface area contributed by atoms with Gasteiger partial charge in [0.15, 0.2) is 0 Å². The highest BCUT2D eigenvalue weighted by Gasteiger charge is 2.36. The van der Waals surface area contributed by atoms with E-state index in [9.17, 15) is 0 Å². The molecule has 0 N–H and O–H groups in total. The third-order valence-corrected chi connectivity index (χ3v) is 5.02. The lowest BCUT2D eigenvalue weighted by molar-refractivity contribution is 0.674. The predicted molar refractivity (Wildman–Crippen MR) is 90.3 cm³/mol. The number of rotatable bonds is 2. The number of hydrogen-bond donors (Lipinski definition) is 0. The van der Waals surface area contributed by atoms with E-state index in [1.54, 1.807) is 5.57 Å². The second-order valence-corrected chi connectivity index (χ2v) is 6.17. The van der Waals surface area contributed by atoms with Crippen LogP contribution in [0.2, 0.25) is 0 Å². The molecule has 2 aliphatic rings. The van der Waals surface area contributed by atoms with E-state index in [1.165, 1.54) is 27.8 Å². The van der Waals surface area contributed by atoms with Gasteiger partial charge >= 0.3 is 0 Å². The molecule has 0 spiro atoms. The van der Waals surface area contributed by atoms with E-state index in [2.05, 4.69) is 74.5 Å². The molecule has 0 aromatic heterocycles. The van der Waals surface area contributed by atoms with E-state index >= 15 is 0 Å². The van der Waals surface area contributed by atoms with Crippen molar-refractivity contribution >= 4 is 12.2 Å². The second kappa shape index (κ2) is 4.73. The molecule has 0 saturated carbocycles. The van der Waals surface area contributed by atoms with Gasteiger partial charge in [-0.1, -0.05) is 78.8 Å². The Balaban J connectivity index is 1.87. The Hall–Kier alpha value is -2.08. The molecule has 2 aliphatic carbocycles. The summed E-state index contributed by atoms with van der Waals surface area (Å²) in [6.45, 7) is 4.57. The van der Waals surface area contributed by atoms with E-state index in [0.717, 1.165) is 6.42 Å². The number of hydrogen-bond acceptors (Lipinski definition) is 0. The molecule has 0 amide bonds. The molecule has 0 bridgehead atoms. The minimum absolute atomic E-state index is 0.510. The Morgan fingerprint density at radius 3 is 2.00 bits per heavy atom. The van der Waals surface area contributed by atoms with E-state index in [0.29, 0.717) is 11.8 Å². The topological polar surface area (TPSA) is 0 Å². The van der Waals surface area contributed by atoms with Gasteiger partial charge in [0.05, 0.1) is 0 Å². The van der Waals surface area contributed by atoms with Crippen LogP contribution in [0.1, 0.15) is 54.4 Å². The van der Waals surface area contributed by atoms with Crippen LogP contribution in [0.3, 0.4) is 0 Å². The third kappa shape index (κ3) is 1.82.